The van der Waals surface area contributed by atoms with Crippen LogP contribution >= 0.6 is 0 Å². The highest BCUT2D eigenvalue weighted by molar-refractivity contribution is 4.92. The molecular formula is C9H16N4O. The lowest BCUT2D eigenvalue weighted by atomic mass is 10.1. The number of aromatic amines is 1. The molecule has 14 heavy (non-hydrogen) atoms. The molecule has 0 spiro atoms. The second-order valence-corrected chi connectivity index (χ2v) is 3.60. The lowest BCUT2D eigenvalue weighted by Crippen LogP contribution is -2.21. The molecule has 1 aromatic rings. The number of hydrogen-bond donors (Lipinski definition) is 2. The van der Waals surface area contributed by atoms with E-state index >= 15 is 0 Å². The summed E-state index contributed by atoms with van der Waals surface area (Å²) in [4.78, 5) is 4.25. The number of ether oxygens (including phenoxy) is 1. The Bertz CT molecular complexity index is 280. The van der Waals surface area contributed by atoms with E-state index in [1.807, 2.05) is 0 Å². The van der Waals surface area contributed by atoms with Gasteiger partial charge in [-0.25, -0.2) is 4.98 Å². The Morgan fingerprint density at radius 3 is 3.07 bits per heavy atom. The van der Waals surface area contributed by atoms with Gasteiger partial charge in [-0.1, -0.05) is 0 Å². The van der Waals surface area contributed by atoms with Crippen molar-refractivity contribution in [2.24, 2.45) is 5.73 Å². The van der Waals surface area contributed by atoms with E-state index in [1.54, 1.807) is 0 Å². The van der Waals surface area contributed by atoms with E-state index in [4.69, 9.17) is 10.5 Å². The number of H-pyrrole nitrogens is 1. The van der Waals surface area contributed by atoms with Crippen LogP contribution in [0, 0.1) is 0 Å². The summed E-state index contributed by atoms with van der Waals surface area (Å²) in [6.45, 7) is 1.29. The standard InChI is InChI=1S/C9H16N4O/c10-6-9-11-8(12-13-9)5-7-3-1-2-4-14-7/h7H,1-6,10H2,(H,11,12,13). The molecule has 0 bridgehead atoms. The van der Waals surface area contributed by atoms with Crippen LogP contribution in [0.4, 0.5) is 0 Å². The quantitative estimate of drug-likeness (QED) is 0.732. The van der Waals surface area contributed by atoms with E-state index in [0.717, 1.165) is 31.1 Å². The number of nitrogens with zero attached hydrogens (tertiary/aromatic N) is 2. The molecular weight excluding hydrogens is 180 g/mol. The third kappa shape index (κ3) is 2.30. The van der Waals surface area contributed by atoms with Crippen LogP contribution in [0.25, 0.3) is 0 Å². The Hall–Kier alpha value is -0.940. The van der Waals surface area contributed by atoms with Crippen molar-refractivity contribution in [3.05, 3.63) is 11.6 Å². The summed E-state index contributed by atoms with van der Waals surface area (Å²) >= 11 is 0. The number of nitrogens with two attached hydrogens (primary N) is 1. The van der Waals surface area contributed by atoms with Crippen molar-refractivity contribution < 1.29 is 4.74 Å². The minimum atomic E-state index is 0.296. The minimum absolute atomic E-state index is 0.296. The van der Waals surface area contributed by atoms with Gasteiger partial charge in [0.2, 0.25) is 0 Å². The molecule has 2 rings (SSSR count). The maximum atomic E-state index is 5.60. The van der Waals surface area contributed by atoms with Crippen LogP contribution in [-0.4, -0.2) is 27.9 Å². The maximum Gasteiger partial charge on any atom is 0.153 e. The third-order valence-corrected chi connectivity index (χ3v) is 2.46. The van der Waals surface area contributed by atoms with Crippen molar-refractivity contribution in [3.63, 3.8) is 0 Å². The van der Waals surface area contributed by atoms with Crippen LogP contribution in [0.3, 0.4) is 0 Å². The molecule has 0 radical (unpaired) electrons. The highest BCUT2D eigenvalue weighted by atomic mass is 16.5. The molecule has 1 fully saturated rings. The molecule has 1 saturated heterocycles. The monoisotopic (exact) mass is 196 g/mol. The molecule has 0 aliphatic carbocycles. The lowest BCUT2D eigenvalue weighted by molar-refractivity contribution is 0.0157. The Labute approximate surface area is 83.1 Å². The van der Waals surface area contributed by atoms with Gasteiger partial charge in [0.15, 0.2) is 5.82 Å². The number of hydrogen-bond acceptors (Lipinski definition) is 4. The molecule has 0 aromatic carbocycles. The van der Waals surface area contributed by atoms with Gasteiger partial charge >= 0.3 is 0 Å². The summed E-state index contributed by atoms with van der Waals surface area (Å²) in [7, 11) is 0. The predicted molar refractivity (Wildman–Crippen MR) is 51.6 cm³/mol. The van der Waals surface area contributed by atoms with E-state index in [9.17, 15) is 0 Å². The van der Waals surface area contributed by atoms with E-state index in [2.05, 4.69) is 15.2 Å². The first-order valence-corrected chi connectivity index (χ1v) is 5.10. The molecule has 0 amide bonds. The summed E-state index contributed by atoms with van der Waals surface area (Å²) < 4.78 is 5.60. The van der Waals surface area contributed by atoms with Gasteiger partial charge in [-0.15, -0.1) is 0 Å². The fourth-order valence-electron chi connectivity index (χ4n) is 1.69. The van der Waals surface area contributed by atoms with Crippen molar-refractivity contribution in [2.75, 3.05) is 6.61 Å². The second-order valence-electron chi connectivity index (χ2n) is 3.60. The Morgan fingerprint density at radius 1 is 1.50 bits per heavy atom. The first-order valence-electron chi connectivity index (χ1n) is 5.10. The summed E-state index contributed by atoms with van der Waals surface area (Å²) in [6, 6.07) is 0. The van der Waals surface area contributed by atoms with Gasteiger partial charge in [0.25, 0.3) is 0 Å². The van der Waals surface area contributed by atoms with Gasteiger partial charge in [-0.05, 0) is 19.3 Å². The maximum absolute atomic E-state index is 5.60. The second kappa shape index (κ2) is 4.52. The SMILES string of the molecule is NCc1nc(CC2CCCCO2)n[nH]1. The van der Waals surface area contributed by atoms with Crippen LogP contribution in [0.15, 0.2) is 0 Å². The average molecular weight is 196 g/mol. The molecule has 1 aliphatic rings. The molecule has 1 atom stereocenters. The molecule has 1 aliphatic heterocycles. The molecule has 3 N–H and O–H groups in total. The summed E-state index contributed by atoms with van der Waals surface area (Å²) in [6.07, 6.45) is 4.64. The van der Waals surface area contributed by atoms with Crippen LogP contribution in [-0.2, 0) is 17.7 Å². The van der Waals surface area contributed by atoms with Crippen molar-refractivity contribution in [3.8, 4) is 0 Å². The van der Waals surface area contributed by atoms with Crippen LogP contribution in [0.5, 0.6) is 0 Å². The number of rotatable bonds is 3. The topological polar surface area (TPSA) is 76.8 Å². The van der Waals surface area contributed by atoms with E-state index in [1.165, 1.54) is 12.8 Å². The molecule has 78 valence electrons. The number of aromatic nitrogens is 3. The van der Waals surface area contributed by atoms with Gasteiger partial charge < -0.3 is 10.5 Å². The number of nitrogens with one attached hydrogen (secondary N) is 1. The van der Waals surface area contributed by atoms with E-state index < -0.39 is 0 Å². The minimum Gasteiger partial charge on any atom is -0.378 e. The zero-order chi connectivity index (χ0) is 9.80. The van der Waals surface area contributed by atoms with Gasteiger partial charge in [-0.3, -0.25) is 5.10 Å². The summed E-state index contributed by atoms with van der Waals surface area (Å²) in [5, 5.41) is 6.89. The summed E-state index contributed by atoms with van der Waals surface area (Å²) in [5.74, 6) is 1.56. The van der Waals surface area contributed by atoms with Crippen molar-refractivity contribution >= 4 is 0 Å². The van der Waals surface area contributed by atoms with Gasteiger partial charge in [0, 0.05) is 13.0 Å². The molecule has 5 nitrogen and oxygen atoms in total. The van der Waals surface area contributed by atoms with Crippen molar-refractivity contribution in [1.82, 2.24) is 15.2 Å². The first kappa shape index (κ1) is 9.61. The Kier molecular flexibility index (Phi) is 3.10. The Morgan fingerprint density at radius 2 is 2.43 bits per heavy atom. The van der Waals surface area contributed by atoms with Crippen LogP contribution < -0.4 is 5.73 Å². The normalized spacial score (nSPS) is 22.5. The predicted octanol–water partition coefficient (Wildman–Crippen LogP) is 0.375. The molecule has 0 saturated carbocycles. The van der Waals surface area contributed by atoms with Gasteiger partial charge in [-0.2, -0.15) is 5.10 Å². The molecule has 5 heteroatoms. The highest BCUT2D eigenvalue weighted by Crippen LogP contribution is 2.15. The van der Waals surface area contributed by atoms with Gasteiger partial charge in [0.1, 0.15) is 5.82 Å². The van der Waals surface area contributed by atoms with Crippen LogP contribution in [0.1, 0.15) is 30.9 Å². The summed E-state index contributed by atoms with van der Waals surface area (Å²) in [5.41, 5.74) is 5.43. The van der Waals surface area contributed by atoms with Crippen LogP contribution in [0.2, 0.25) is 0 Å². The Balaban J connectivity index is 1.89. The molecule has 2 heterocycles. The average Bonchev–Trinajstić information content (AvgIpc) is 2.67. The fraction of sp³-hybridized carbons (Fsp3) is 0.778. The third-order valence-electron chi connectivity index (χ3n) is 2.46. The largest absolute Gasteiger partial charge is 0.378 e. The highest BCUT2D eigenvalue weighted by Gasteiger charge is 2.16. The first-order chi connectivity index (χ1) is 6.88. The van der Waals surface area contributed by atoms with Gasteiger partial charge in [0.05, 0.1) is 12.6 Å². The zero-order valence-electron chi connectivity index (χ0n) is 8.20. The molecule has 1 aromatic heterocycles. The fourth-order valence-corrected chi connectivity index (χ4v) is 1.69. The van der Waals surface area contributed by atoms with E-state index in [0.29, 0.717) is 12.6 Å². The van der Waals surface area contributed by atoms with E-state index in [-0.39, 0.29) is 0 Å². The smallest absolute Gasteiger partial charge is 0.153 e. The van der Waals surface area contributed by atoms with Crippen molar-refractivity contribution in [1.29, 1.82) is 0 Å². The lowest BCUT2D eigenvalue weighted by Gasteiger charge is -2.20. The molecule has 1 unspecified atom stereocenters. The van der Waals surface area contributed by atoms with Crippen molar-refractivity contribution in [2.45, 2.75) is 38.3 Å². The zero-order valence-corrected chi connectivity index (χ0v) is 8.20.